The summed E-state index contributed by atoms with van der Waals surface area (Å²) in [6.45, 7) is 0.169. The fraction of sp³-hybridized carbons (Fsp3) is 0.462. The van der Waals surface area contributed by atoms with Gasteiger partial charge in [0.15, 0.2) is 0 Å². The highest BCUT2D eigenvalue weighted by Crippen LogP contribution is 2.17. The van der Waals surface area contributed by atoms with Crippen LogP contribution in [0.25, 0.3) is 0 Å². The Morgan fingerprint density at radius 1 is 1.17 bits per heavy atom. The van der Waals surface area contributed by atoms with Crippen LogP contribution in [0.4, 0.5) is 14.5 Å². The Morgan fingerprint density at radius 2 is 1.78 bits per heavy atom. The van der Waals surface area contributed by atoms with Gasteiger partial charge in [-0.05, 0) is 25.0 Å². The van der Waals surface area contributed by atoms with Crippen LogP contribution in [0.5, 0.6) is 0 Å². The zero-order chi connectivity index (χ0) is 13.0. The van der Waals surface area contributed by atoms with Crippen LogP contribution in [0, 0.1) is 11.6 Å². The first-order chi connectivity index (χ1) is 8.63. The molecule has 1 fully saturated rings. The number of halogens is 2. The topological polar surface area (TPSA) is 41.1 Å². The van der Waals surface area contributed by atoms with Crippen molar-refractivity contribution in [2.24, 2.45) is 0 Å². The van der Waals surface area contributed by atoms with E-state index in [1.165, 1.54) is 12.8 Å². The molecule has 2 N–H and O–H groups in total. The standard InChI is InChI=1S/C13H16F2N2O/c14-9-5-10(15)7-12(6-9)17-13(18)8-16-11-3-1-2-4-11/h5-7,11,16H,1-4,8H2,(H,17,18). The van der Waals surface area contributed by atoms with Crippen LogP contribution in [0.2, 0.25) is 0 Å². The molecule has 3 nitrogen and oxygen atoms in total. The van der Waals surface area contributed by atoms with Crippen LogP contribution < -0.4 is 10.6 Å². The first-order valence-electron chi connectivity index (χ1n) is 6.13. The van der Waals surface area contributed by atoms with E-state index >= 15 is 0 Å². The molecule has 1 amide bonds. The summed E-state index contributed by atoms with van der Waals surface area (Å²) in [6, 6.07) is 3.35. The van der Waals surface area contributed by atoms with Crippen molar-refractivity contribution < 1.29 is 13.6 Å². The van der Waals surface area contributed by atoms with Crippen molar-refractivity contribution in [1.82, 2.24) is 5.32 Å². The molecular weight excluding hydrogens is 238 g/mol. The molecule has 0 radical (unpaired) electrons. The summed E-state index contributed by atoms with van der Waals surface area (Å²) in [5.74, 6) is -1.69. The molecule has 0 saturated heterocycles. The highest BCUT2D eigenvalue weighted by Gasteiger charge is 2.15. The minimum Gasteiger partial charge on any atom is -0.325 e. The Balaban J connectivity index is 1.82. The Kier molecular flexibility index (Phi) is 4.25. The van der Waals surface area contributed by atoms with Gasteiger partial charge in [-0.25, -0.2) is 8.78 Å². The maximum Gasteiger partial charge on any atom is 0.238 e. The van der Waals surface area contributed by atoms with Crippen LogP contribution in [0.15, 0.2) is 18.2 Å². The van der Waals surface area contributed by atoms with E-state index in [-0.39, 0.29) is 18.1 Å². The maximum absolute atomic E-state index is 12.9. The lowest BCUT2D eigenvalue weighted by molar-refractivity contribution is -0.115. The second kappa shape index (κ2) is 5.91. The van der Waals surface area contributed by atoms with Gasteiger partial charge in [0, 0.05) is 17.8 Å². The van der Waals surface area contributed by atoms with Crippen LogP contribution in [-0.2, 0) is 4.79 Å². The molecule has 1 aliphatic rings. The summed E-state index contributed by atoms with van der Waals surface area (Å²) in [7, 11) is 0. The Labute approximate surface area is 105 Å². The van der Waals surface area contributed by atoms with E-state index < -0.39 is 11.6 Å². The Hall–Kier alpha value is -1.49. The van der Waals surface area contributed by atoms with E-state index in [1.54, 1.807) is 0 Å². The zero-order valence-corrected chi connectivity index (χ0v) is 10.0. The second-order valence-corrected chi connectivity index (χ2v) is 4.57. The van der Waals surface area contributed by atoms with E-state index in [4.69, 9.17) is 0 Å². The van der Waals surface area contributed by atoms with Crippen LogP contribution >= 0.6 is 0 Å². The Morgan fingerprint density at radius 3 is 2.39 bits per heavy atom. The number of benzene rings is 1. The number of hydrogen-bond acceptors (Lipinski definition) is 2. The summed E-state index contributed by atoms with van der Waals surface area (Å²) in [4.78, 5) is 11.6. The van der Waals surface area contributed by atoms with Crippen molar-refractivity contribution in [2.75, 3.05) is 11.9 Å². The normalized spacial score (nSPS) is 15.9. The molecule has 0 heterocycles. The number of rotatable bonds is 4. The van der Waals surface area contributed by atoms with E-state index in [0.717, 1.165) is 31.0 Å². The molecule has 0 aliphatic heterocycles. The molecule has 1 aromatic rings. The van der Waals surface area contributed by atoms with E-state index in [2.05, 4.69) is 10.6 Å². The van der Waals surface area contributed by atoms with Crippen molar-refractivity contribution in [2.45, 2.75) is 31.7 Å². The number of nitrogens with one attached hydrogen (secondary N) is 2. The average Bonchev–Trinajstić information content (AvgIpc) is 2.77. The van der Waals surface area contributed by atoms with Gasteiger partial charge in [0.05, 0.1) is 6.54 Å². The molecule has 0 aromatic heterocycles. The third-order valence-corrected chi connectivity index (χ3v) is 3.05. The lowest BCUT2D eigenvalue weighted by Gasteiger charge is -2.11. The smallest absolute Gasteiger partial charge is 0.238 e. The van der Waals surface area contributed by atoms with Crippen molar-refractivity contribution in [3.8, 4) is 0 Å². The van der Waals surface area contributed by atoms with Gasteiger partial charge in [-0.3, -0.25) is 4.79 Å². The number of amides is 1. The fourth-order valence-corrected chi connectivity index (χ4v) is 2.20. The first kappa shape index (κ1) is 13.0. The Bertz CT molecular complexity index is 411. The highest BCUT2D eigenvalue weighted by molar-refractivity contribution is 5.92. The quantitative estimate of drug-likeness (QED) is 0.866. The monoisotopic (exact) mass is 254 g/mol. The molecular formula is C13H16F2N2O. The third-order valence-electron chi connectivity index (χ3n) is 3.05. The summed E-state index contributed by atoms with van der Waals surface area (Å²) < 4.78 is 25.8. The molecule has 0 unspecified atom stereocenters. The van der Waals surface area contributed by atoms with Crippen LogP contribution in [-0.4, -0.2) is 18.5 Å². The molecule has 5 heteroatoms. The first-order valence-corrected chi connectivity index (χ1v) is 6.13. The molecule has 0 atom stereocenters. The van der Waals surface area contributed by atoms with Crippen molar-refractivity contribution in [3.63, 3.8) is 0 Å². The minimum atomic E-state index is -0.700. The van der Waals surface area contributed by atoms with Gasteiger partial charge in [-0.15, -0.1) is 0 Å². The van der Waals surface area contributed by atoms with Gasteiger partial charge in [-0.1, -0.05) is 12.8 Å². The maximum atomic E-state index is 12.9. The summed E-state index contributed by atoms with van der Waals surface area (Å²) in [5, 5.41) is 5.60. The van der Waals surface area contributed by atoms with Gasteiger partial charge < -0.3 is 10.6 Å². The van der Waals surface area contributed by atoms with Gasteiger partial charge in [0.1, 0.15) is 11.6 Å². The molecule has 0 spiro atoms. The van der Waals surface area contributed by atoms with E-state index in [1.807, 2.05) is 0 Å². The number of hydrogen-bond donors (Lipinski definition) is 2. The van der Waals surface area contributed by atoms with Crippen molar-refractivity contribution >= 4 is 11.6 Å². The van der Waals surface area contributed by atoms with Gasteiger partial charge in [-0.2, -0.15) is 0 Å². The summed E-state index contributed by atoms with van der Waals surface area (Å²) >= 11 is 0. The molecule has 2 rings (SSSR count). The van der Waals surface area contributed by atoms with E-state index in [9.17, 15) is 13.6 Å². The van der Waals surface area contributed by atoms with E-state index in [0.29, 0.717) is 6.04 Å². The molecule has 98 valence electrons. The fourth-order valence-electron chi connectivity index (χ4n) is 2.20. The predicted molar refractivity (Wildman–Crippen MR) is 65.2 cm³/mol. The SMILES string of the molecule is O=C(CNC1CCCC1)Nc1cc(F)cc(F)c1. The molecule has 1 saturated carbocycles. The van der Waals surface area contributed by atoms with Gasteiger partial charge in [0.2, 0.25) is 5.91 Å². The number of carbonyl (C=O) groups is 1. The summed E-state index contributed by atoms with van der Waals surface area (Å²) in [5.41, 5.74) is 0.144. The third kappa shape index (κ3) is 3.77. The number of carbonyl (C=O) groups excluding carboxylic acids is 1. The van der Waals surface area contributed by atoms with Crippen LogP contribution in [0.3, 0.4) is 0 Å². The predicted octanol–water partition coefficient (Wildman–Crippen LogP) is 2.44. The van der Waals surface area contributed by atoms with Gasteiger partial charge >= 0.3 is 0 Å². The van der Waals surface area contributed by atoms with Crippen molar-refractivity contribution in [3.05, 3.63) is 29.8 Å². The number of anilines is 1. The van der Waals surface area contributed by atoms with Crippen molar-refractivity contribution in [1.29, 1.82) is 0 Å². The zero-order valence-electron chi connectivity index (χ0n) is 10.0. The molecule has 1 aliphatic carbocycles. The molecule has 0 bridgehead atoms. The minimum absolute atomic E-state index is 0.144. The lowest BCUT2D eigenvalue weighted by Crippen LogP contribution is -2.34. The molecule has 1 aromatic carbocycles. The largest absolute Gasteiger partial charge is 0.325 e. The second-order valence-electron chi connectivity index (χ2n) is 4.57. The van der Waals surface area contributed by atoms with Gasteiger partial charge in [0.25, 0.3) is 0 Å². The lowest BCUT2D eigenvalue weighted by atomic mass is 10.2. The summed E-state index contributed by atoms with van der Waals surface area (Å²) in [6.07, 6.45) is 4.55. The molecule has 18 heavy (non-hydrogen) atoms. The van der Waals surface area contributed by atoms with Crippen LogP contribution in [0.1, 0.15) is 25.7 Å². The highest BCUT2D eigenvalue weighted by atomic mass is 19.1. The average molecular weight is 254 g/mol.